The van der Waals surface area contributed by atoms with Crippen LogP contribution in [0.4, 0.5) is 4.39 Å². The molecule has 1 unspecified atom stereocenters. The van der Waals surface area contributed by atoms with Crippen LogP contribution in [0.15, 0.2) is 28.9 Å². The molecule has 2 rings (SSSR count). The monoisotopic (exact) mass is 332 g/mol. The number of nitrogens with zero attached hydrogens (tertiary/aromatic N) is 2. The van der Waals surface area contributed by atoms with Crippen molar-refractivity contribution in [3.63, 3.8) is 0 Å². The van der Waals surface area contributed by atoms with Gasteiger partial charge in [0.15, 0.2) is 0 Å². The van der Waals surface area contributed by atoms with Gasteiger partial charge in [-0.3, -0.25) is 4.68 Å². The maximum Gasteiger partial charge on any atom is 0.145 e. The molecule has 0 saturated heterocycles. The average Bonchev–Trinajstić information content (AvgIpc) is 2.65. The molecule has 1 aromatic carbocycles. The second-order valence-corrected chi connectivity index (χ2v) is 5.20. The first-order chi connectivity index (χ1) is 8.50. The van der Waals surface area contributed by atoms with Crippen molar-refractivity contribution in [1.29, 1.82) is 0 Å². The number of aromatic nitrogens is 2. The summed E-state index contributed by atoms with van der Waals surface area (Å²) in [5.74, 6) is -0.489. The van der Waals surface area contributed by atoms with Crippen molar-refractivity contribution in [2.45, 2.75) is 12.5 Å². The molecule has 0 radical (unpaired) electrons. The quantitative estimate of drug-likeness (QED) is 0.936. The minimum absolute atomic E-state index is 0.0590. The van der Waals surface area contributed by atoms with Crippen LogP contribution in [0.3, 0.4) is 0 Å². The van der Waals surface area contributed by atoms with Gasteiger partial charge in [-0.1, -0.05) is 23.7 Å². The summed E-state index contributed by atoms with van der Waals surface area (Å²) >= 11 is 9.00. The van der Waals surface area contributed by atoms with Gasteiger partial charge >= 0.3 is 0 Å². The molecule has 1 N–H and O–H groups in total. The normalized spacial score (nSPS) is 12.7. The van der Waals surface area contributed by atoms with Gasteiger partial charge < -0.3 is 5.11 Å². The number of halogens is 3. The standard InChI is InChI=1S/C12H11BrClFN2O/c1-17-12(8(13)6-16-17)10(18)5-7-3-2-4-9(14)11(7)15/h2-4,6,10,18H,5H2,1H3. The van der Waals surface area contributed by atoms with Gasteiger partial charge in [0.1, 0.15) is 11.9 Å². The molecule has 2 aromatic rings. The van der Waals surface area contributed by atoms with Crippen molar-refractivity contribution in [3.8, 4) is 0 Å². The highest BCUT2D eigenvalue weighted by Crippen LogP contribution is 2.27. The molecule has 18 heavy (non-hydrogen) atoms. The van der Waals surface area contributed by atoms with E-state index in [0.29, 0.717) is 15.7 Å². The fourth-order valence-electron chi connectivity index (χ4n) is 1.81. The predicted molar refractivity (Wildman–Crippen MR) is 71.0 cm³/mol. The van der Waals surface area contributed by atoms with Crippen molar-refractivity contribution in [2.75, 3.05) is 0 Å². The third-order valence-corrected chi connectivity index (χ3v) is 3.60. The van der Waals surface area contributed by atoms with Gasteiger partial charge in [-0.2, -0.15) is 5.10 Å². The van der Waals surface area contributed by atoms with Gasteiger partial charge in [-0.05, 0) is 27.6 Å². The Bertz CT molecular complexity index is 554. The van der Waals surface area contributed by atoms with Crippen LogP contribution in [-0.2, 0) is 13.5 Å². The molecule has 0 spiro atoms. The van der Waals surface area contributed by atoms with Gasteiger partial charge in [-0.25, -0.2) is 4.39 Å². The lowest BCUT2D eigenvalue weighted by molar-refractivity contribution is 0.166. The van der Waals surface area contributed by atoms with E-state index >= 15 is 0 Å². The number of rotatable bonds is 3. The summed E-state index contributed by atoms with van der Waals surface area (Å²) in [6, 6.07) is 4.74. The first-order valence-electron chi connectivity index (χ1n) is 5.29. The number of hydrogen-bond donors (Lipinski definition) is 1. The van der Waals surface area contributed by atoms with Crippen LogP contribution >= 0.6 is 27.5 Å². The lowest BCUT2D eigenvalue weighted by Gasteiger charge is -2.13. The topological polar surface area (TPSA) is 38.0 Å². The molecule has 0 aliphatic carbocycles. The second kappa shape index (κ2) is 5.38. The van der Waals surface area contributed by atoms with Crippen molar-refractivity contribution in [1.82, 2.24) is 9.78 Å². The van der Waals surface area contributed by atoms with E-state index in [1.54, 1.807) is 30.1 Å². The van der Waals surface area contributed by atoms with Crippen molar-refractivity contribution < 1.29 is 9.50 Å². The van der Waals surface area contributed by atoms with Gasteiger partial charge in [0, 0.05) is 13.5 Å². The molecule has 1 heterocycles. The minimum atomic E-state index is -0.847. The third-order valence-electron chi connectivity index (χ3n) is 2.70. The van der Waals surface area contributed by atoms with Crippen molar-refractivity contribution in [2.24, 2.45) is 7.05 Å². The van der Waals surface area contributed by atoms with Gasteiger partial charge in [0.2, 0.25) is 0 Å². The van der Waals surface area contributed by atoms with Gasteiger partial charge in [-0.15, -0.1) is 0 Å². The van der Waals surface area contributed by atoms with Crippen LogP contribution in [0.25, 0.3) is 0 Å². The molecule has 0 saturated carbocycles. The van der Waals surface area contributed by atoms with Crippen molar-refractivity contribution >= 4 is 27.5 Å². The van der Waals surface area contributed by atoms with Crippen LogP contribution in [0.5, 0.6) is 0 Å². The summed E-state index contributed by atoms with van der Waals surface area (Å²) in [4.78, 5) is 0. The van der Waals surface area contributed by atoms with Gasteiger partial charge in [0.05, 0.1) is 21.4 Å². The molecule has 3 nitrogen and oxygen atoms in total. The lowest BCUT2D eigenvalue weighted by Crippen LogP contribution is -2.09. The van der Waals surface area contributed by atoms with E-state index in [1.165, 1.54) is 6.07 Å². The fraction of sp³-hybridized carbons (Fsp3) is 0.250. The summed E-state index contributed by atoms with van der Waals surface area (Å²) in [6.07, 6.45) is 0.886. The largest absolute Gasteiger partial charge is 0.386 e. The second-order valence-electron chi connectivity index (χ2n) is 3.93. The van der Waals surface area contributed by atoms with E-state index in [2.05, 4.69) is 21.0 Å². The number of hydrogen-bond acceptors (Lipinski definition) is 2. The number of aryl methyl sites for hydroxylation is 1. The Balaban J connectivity index is 2.27. The molecule has 0 amide bonds. The summed E-state index contributed by atoms with van der Waals surface area (Å²) in [5, 5.41) is 14.2. The fourth-order valence-corrected chi connectivity index (χ4v) is 2.61. The first kappa shape index (κ1) is 13.5. The van der Waals surface area contributed by atoms with Crippen molar-refractivity contribution in [3.05, 3.63) is 51.0 Å². The molecule has 1 aromatic heterocycles. The van der Waals surface area contributed by atoms with Crippen LogP contribution < -0.4 is 0 Å². The van der Waals surface area contributed by atoms with Crippen LogP contribution in [0, 0.1) is 5.82 Å². The predicted octanol–water partition coefficient (Wildman–Crippen LogP) is 3.25. The summed E-state index contributed by atoms with van der Waals surface area (Å²) in [5.41, 5.74) is 0.984. The third kappa shape index (κ3) is 2.58. The van der Waals surface area contributed by atoms with E-state index < -0.39 is 11.9 Å². The zero-order valence-electron chi connectivity index (χ0n) is 9.57. The molecule has 6 heteroatoms. The Labute approximate surface area is 117 Å². The maximum atomic E-state index is 13.7. The Morgan fingerprint density at radius 2 is 2.28 bits per heavy atom. The molecule has 0 aliphatic rings. The van der Waals surface area contributed by atoms with E-state index in [0.717, 1.165) is 0 Å². The SMILES string of the molecule is Cn1ncc(Br)c1C(O)Cc1cccc(Cl)c1F. The molecule has 1 atom stereocenters. The Morgan fingerprint density at radius 3 is 2.89 bits per heavy atom. The lowest BCUT2D eigenvalue weighted by atomic mass is 10.1. The Hall–Kier alpha value is -0.910. The van der Waals surface area contributed by atoms with E-state index in [-0.39, 0.29) is 11.4 Å². The van der Waals surface area contributed by atoms with Crippen LogP contribution in [0.2, 0.25) is 5.02 Å². The maximum absolute atomic E-state index is 13.7. The van der Waals surface area contributed by atoms with E-state index in [9.17, 15) is 9.50 Å². The minimum Gasteiger partial charge on any atom is -0.386 e. The molecule has 0 aliphatic heterocycles. The number of aliphatic hydroxyl groups is 1. The molecular weight excluding hydrogens is 322 g/mol. The number of aliphatic hydroxyl groups excluding tert-OH is 1. The molecule has 0 bridgehead atoms. The Kier molecular flexibility index (Phi) is 4.04. The zero-order chi connectivity index (χ0) is 13.3. The zero-order valence-corrected chi connectivity index (χ0v) is 11.9. The highest BCUT2D eigenvalue weighted by molar-refractivity contribution is 9.10. The van der Waals surface area contributed by atoms with Crippen LogP contribution in [0.1, 0.15) is 17.4 Å². The highest BCUT2D eigenvalue weighted by Gasteiger charge is 2.18. The molecular formula is C12H11BrClFN2O. The summed E-state index contributed by atoms with van der Waals surface area (Å²) in [6.45, 7) is 0. The average molecular weight is 334 g/mol. The molecule has 0 fully saturated rings. The van der Waals surface area contributed by atoms with E-state index in [1.807, 2.05) is 0 Å². The van der Waals surface area contributed by atoms with Gasteiger partial charge in [0.25, 0.3) is 0 Å². The summed E-state index contributed by atoms with van der Waals surface area (Å²) < 4.78 is 16.0. The highest BCUT2D eigenvalue weighted by atomic mass is 79.9. The first-order valence-corrected chi connectivity index (χ1v) is 6.46. The summed E-state index contributed by atoms with van der Waals surface area (Å²) in [7, 11) is 1.72. The molecule has 96 valence electrons. The number of benzene rings is 1. The van der Waals surface area contributed by atoms with E-state index in [4.69, 9.17) is 11.6 Å². The smallest absolute Gasteiger partial charge is 0.145 e. The van der Waals surface area contributed by atoms with Crippen LogP contribution in [-0.4, -0.2) is 14.9 Å². The Morgan fingerprint density at radius 1 is 1.56 bits per heavy atom.